The van der Waals surface area contributed by atoms with Gasteiger partial charge in [0.25, 0.3) is 5.91 Å². The van der Waals surface area contributed by atoms with E-state index < -0.39 is 0 Å². The van der Waals surface area contributed by atoms with E-state index in [1.807, 2.05) is 36.4 Å². The number of rotatable bonds is 5. The number of H-pyrrole nitrogens is 1. The SMILES string of the molecule is O=C1Nc2ccc(Br)cc2/C1=C/c1cc2cc(OCCN3CCCC3)ccc2[nH]1. The number of carbonyl (C=O) groups excluding carboxylic acids is 1. The number of fused-ring (bicyclic) bond motifs is 2. The number of nitrogens with one attached hydrogen (secondary N) is 2. The Morgan fingerprint density at radius 1 is 1.10 bits per heavy atom. The fraction of sp³-hybridized carbons (Fsp3) is 0.261. The Hall–Kier alpha value is -2.57. The lowest BCUT2D eigenvalue weighted by Gasteiger charge is -2.14. The van der Waals surface area contributed by atoms with Crippen molar-refractivity contribution >= 4 is 50.1 Å². The number of aromatic amines is 1. The van der Waals surface area contributed by atoms with Gasteiger partial charge in [0.05, 0.1) is 5.57 Å². The Labute approximate surface area is 177 Å². The second-order valence-electron chi connectivity index (χ2n) is 7.57. The molecule has 6 heteroatoms. The second-order valence-corrected chi connectivity index (χ2v) is 8.49. The van der Waals surface area contributed by atoms with E-state index >= 15 is 0 Å². The summed E-state index contributed by atoms with van der Waals surface area (Å²) in [5.41, 5.74) is 4.34. The first-order chi connectivity index (χ1) is 14.2. The Kier molecular flexibility index (Phi) is 4.89. The number of hydrogen-bond donors (Lipinski definition) is 2. The monoisotopic (exact) mass is 451 g/mol. The standard InChI is InChI=1S/C23H22BrN3O2/c24-16-3-5-22-19(13-16)20(23(28)26-22)14-17-11-15-12-18(4-6-21(15)25-17)29-10-9-27-7-1-2-8-27/h3-6,11-14,25H,1-2,7-10H2,(H,26,28)/b20-14-. The van der Waals surface area contributed by atoms with Crippen LogP contribution in [0.4, 0.5) is 5.69 Å². The van der Waals surface area contributed by atoms with Crippen molar-refractivity contribution in [3.63, 3.8) is 0 Å². The number of hydrogen-bond acceptors (Lipinski definition) is 3. The van der Waals surface area contributed by atoms with Crippen LogP contribution in [0.2, 0.25) is 0 Å². The van der Waals surface area contributed by atoms with E-state index in [0.717, 1.165) is 44.6 Å². The van der Waals surface area contributed by atoms with Crippen LogP contribution in [-0.2, 0) is 4.79 Å². The molecule has 5 rings (SSSR count). The van der Waals surface area contributed by atoms with Crippen LogP contribution >= 0.6 is 15.9 Å². The molecule has 1 aromatic heterocycles. The van der Waals surface area contributed by atoms with E-state index in [2.05, 4.69) is 43.3 Å². The molecule has 1 amide bonds. The van der Waals surface area contributed by atoms with Crippen LogP contribution < -0.4 is 10.1 Å². The normalized spacial score (nSPS) is 17.8. The first-order valence-electron chi connectivity index (χ1n) is 9.97. The maximum Gasteiger partial charge on any atom is 0.256 e. The third kappa shape index (κ3) is 3.82. The van der Waals surface area contributed by atoms with Gasteiger partial charge in [-0.2, -0.15) is 0 Å². The van der Waals surface area contributed by atoms with Crippen LogP contribution in [0.25, 0.3) is 22.6 Å². The molecular formula is C23H22BrN3O2. The van der Waals surface area contributed by atoms with Gasteiger partial charge in [0.1, 0.15) is 12.4 Å². The predicted octanol–water partition coefficient (Wildman–Crippen LogP) is 4.90. The number of anilines is 1. The van der Waals surface area contributed by atoms with Crippen LogP contribution in [0, 0.1) is 0 Å². The molecule has 0 bridgehead atoms. The lowest BCUT2D eigenvalue weighted by Crippen LogP contribution is -2.25. The quantitative estimate of drug-likeness (QED) is 0.542. The fourth-order valence-corrected chi connectivity index (χ4v) is 4.42. The summed E-state index contributed by atoms with van der Waals surface area (Å²) < 4.78 is 6.91. The molecule has 0 saturated carbocycles. The highest BCUT2D eigenvalue weighted by Gasteiger charge is 2.24. The minimum Gasteiger partial charge on any atom is -0.492 e. The van der Waals surface area contributed by atoms with Crippen LogP contribution in [0.3, 0.4) is 0 Å². The molecule has 5 nitrogen and oxygen atoms in total. The van der Waals surface area contributed by atoms with E-state index in [0.29, 0.717) is 12.2 Å². The second kappa shape index (κ2) is 7.69. The van der Waals surface area contributed by atoms with Crippen molar-refractivity contribution in [3.8, 4) is 5.75 Å². The van der Waals surface area contributed by atoms with Crippen molar-refractivity contribution in [2.75, 3.05) is 31.6 Å². The highest BCUT2D eigenvalue weighted by atomic mass is 79.9. The number of ether oxygens (including phenoxy) is 1. The van der Waals surface area contributed by atoms with Gasteiger partial charge >= 0.3 is 0 Å². The first-order valence-corrected chi connectivity index (χ1v) is 10.8. The lowest BCUT2D eigenvalue weighted by atomic mass is 10.1. The third-order valence-corrected chi connectivity index (χ3v) is 6.05. The summed E-state index contributed by atoms with van der Waals surface area (Å²) in [6.45, 7) is 4.06. The molecule has 1 fully saturated rings. The number of likely N-dealkylation sites (tertiary alicyclic amines) is 1. The number of halogens is 1. The Balaban J connectivity index is 1.36. The summed E-state index contributed by atoms with van der Waals surface area (Å²) in [6.07, 6.45) is 4.50. The van der Waals surface area contributed by atoms with Crippen LogP contribution in [0.1, 0.15) is 24.1 Å². The summed E-state index contributed by atoms with van der Waals surface area (Å²) in [5, 5.41) is 3.99. The summed E-state index contributed by atoms with van der Waals surface area (Å²) in [7, 11) is 0. The van der Waals surface area contributed by atoms with Gasteiger partial charge in [0, 0.05) is 38.9 Å². The predicted molar refractivity (Wildman–Crippen MR) is 120 cm³/mol. The van der Waals surface area contributed by atoms with Crippen molar-refractivity contribution in [1.29, 1.82) is 0 Å². The number of carbonyl (C=O) groups is 1. The molecule has 0 radical (unpaired) electrons. The minimum absolute atomic E-state index is 0.0808. The zero-order valence-corrected chi connectivity index (χ0v) is 17.6. The molecule has 0 spiro atoms. The Bertz CT molecular complexity index is 1110. The van der Waals surface area contributed by atoms with Crippen LogP contribution in [0.15, 0.2) is 46.9 Å². The molecule has 2 aliphatic heterocycles. The highest BCUT2D eigenvalue weighted by molar-refractivity contribution is 9.10. The van der Waals surface area contributed by atoms with E-state index in [-0.39, 0.29) is 5.91 Å². The maximum absolute atomic E-state index is 12.4. The van der Waals surface area contributed by atoms with Gasteiger partial charge in [-0.25, -0.2) is 0 Å². The fourth-order valence-electron chi connectivity index (χ4n) is 4.06. The topological polar surface area (TPSA) is 57.4 Å². The number of nitrogens with zero attached hydrogens (tertiary/aromatic N) is 1. The largest absolute Gasteiger partial charge is 0.492 e. The van der Waals surface area contributed by atoms with Gasteiger partial charge in [0.2, 0.25) is 0 Å². The van der Waals surface area contributed by atoms with Gasteiger partial charge in [-0.3, -0.25) is 9.69 Å². The van der Waals surface area contributed by atoms with Crippen molar-refractivity contribution in [2.24, 2.45) is 0 Å². The Morgan fingerprint density at radius 3 is 2.83 bits per heavy atom. The summed E-state index contributed by atoms with van der Waals surface area (Å²) in [5.74, 6) is 0.797. The molecule has 2 N–H and O–H groups in total. The lowest BCUT2D eigenvalue weighted by molar-refractivity contribution is -0.110. The van der Waals surface area contributed by atoms with Crippen molar-refractivity contribution in [3.05, 3.63) is 58.2 Å². The number of aromatic nitrogens is 1. The molecule has 148 valence electrons. The van der Waals surface area contributed by atoms with Gasteiger partial charge < -0.3 is 15.0 Å². The number of benzene rings is 2. The van der Waals surface area contributed by atoms with Gasteiger partial charge in [0.15, 0.2) is 0 Å². The van der Waals surface area contributed by atoms with E-state index in [4.69, 9.17) is 4.74 Å². The minimum atomic E-state index is -0.0808. The zero-order valence-electron chi connectivity index (χ0n) is 16.0. The van der Waals surface area contributed by atoms with Crippen molar-refractivity contribution < 1.29 is 9.53 Å². The molecule has 0 atom stereocenters. The number of amides is 1. The zero-order chi connectivity index (χ0) is 19.8. The van der Waals surface area contributed by atoms with Gasteiger partial charge in [-0.05, 0) is 74.5 Å². The molecule has 0 aliphatic carbocycles. The molecule has 3 heterocycles. The average Bonchev–Trinajstić information content (AvgIpc) is 3.42. The van der Waals surface area contributed by atoms with E-state index in [9.17, 15) is 4.79 Å². The first kappa shape index (κ1) is 18.5. The maximum atomic E-state index is 12.4. The van der Waals surface area contributed by atoms with Gasteiger partial charge in [-0.15, -0.1) is 0 Å². The molecule has 29 heavy (non-hydrogen) atoms. The highest BCUT2D eigenvalue weighted by Crippen LogP contribution is 2.35. The molecule has 2 aliphatic rings. The summed E-state index contributed by atoms with van der Waals surface area (Å²) >= 11 is 3.48. The van der Waals surface area contributed by atoms with E-state index in [1.165, 1.54) is 25.9 Å². The molecule has 3 aromatic rings. The third-order valence-electron chi connectivity index (χ3n) is 5.55. The van der Waals surface area contributed by atoms with Crippen LogP contribution in [-0.4, -0.2) is 42.0 Å². The summed E-state index contributed by atoms with van der Waals surface area (Å²) in [6, 6.07) is 13.9. The van der Waals surface area contributed by atoms with Crippen molar-refractivity contribution in [2.45, 2.75) is 12.8 Å². The van der Waals surface area contributed by atoms with E-state index in [1.54, 1.807) is 0 Å². The van der Waals surface area contributed by atoms with Gasteiger partial charge in [-0.1, -0.05) is 15.9 Å². The molecule has 0 unspecified atom stereocenters. The Morgan fingerprint density at radius 2 is 1.97 bits per heavy atom. The van der Waals surface area contributed by atoms with Crippen LogP contribution in [0.5, 0.6) is 5.75 Å². The average molecular weight is 452 g/mol. The summed E-state index contributed by atoms with van der Waals surface area (Å²) in [4.78, 5) is 18.2. The molecule has 1 saturated heterocycles. The van der Waals surface area contributed by atoms with Crippen molar-refractivity contribution in [1.82, 2.24) is 9.88 Å². The molecular weight excluding hydrogens is 430 g/mol. The smallest absolute Gasteiger partial charge is 0.256 e. The molecule has 2 aromatic carbocycles.